The third-order valence-electron chi connectivity index (χ3n) is 8.28. The maximum Gasteiger partial charge on any atom is 0.326 e. The van der Waals surface area contributed by atoms with E-state index in [-0.39, 0.29) is 11.9 Å². The van der Waals surface area contributed by atoms with Gasteiger partial charge in [0.25, 0.3) is 5.91 Å². The van der Waals surface area contributed by atoms with E-state index in [4.69, 9.17) is 11.6 Å². The number of nitrogens with one attached hydrogen (secondary N) is 1. The second-order valence-corrected chi connectivity index (χ2v) is 11.7. The van der Waals surface area contributed by atoms with Gasteiger partial charge in [0.15, 0.2) is 0 Å². The Bertz CT molecular complexity index is 1360. The van der Waals surface area contributed by atoms with Crippen LogP contribution < -0.4 is 10.2 Å². The van der Waals surface area contributed by atoms with Gasteiger partial charge in [-0.05, 0) is 94.0 Å². The smallest absolute Gasteiger partial charge is 0.326 e. The third-order valence-corrected chi connectivity index (χ3v) is 8.69. The standard InChI is InChI=1S/C32H38ClN5O2/c1-21-6-9-27(10-7-21)35-32(40)38(28-11-8-22(2)29(33)16-28)15-5-14-36-17-25-19-37(20-26(25)18-36)31(39)30-23(3)12-13-34-24(30)4/h6-13,16,25-26H,5,14-15,17-20H2,1-4H3,(H,35,40). The lowest BCUT2D eigenvalue weighted by molar-refractivity contribution is 0.0772. The average Bonchev–Trinajstić information content (AvgIpc) is 3.49. The van der Waals surface area contributed by atoms with Crippen LogP contribution in [0.15, 0.2) is 54.7 Å². The summed E-state index contributed by atoms with van der Waals surface area (Å²) in [5, 5.41) is 3.68. The van der Waals surface area contributed by atoms with Crippen molar-refractivity contribution in [1.29, 1.82) is 0 Å². The summed E-state index contributed by atoms with van der Waals surface area (Å²) in [6, 6.07) is 15.3. The van der Waals surface area contributed by atoms with E-state index in [0.717, 1.165) is 78.5 Å². The number of rotatable bonds is 7. The second-order valence-electron chi connectivity index (χ2n) is 11.3. The van der Waals surface area contributed by atoms with Crippen LogP contribution in [0, 0.1) is 39.5 Å². The molecule has 2 saturated heterocycles. The topological polar surface area (TPSA) is 68.8 Å². The first kappa shape index (κ1) is 28.1. The number of pyridine rings is 1. The van der Waals surface area contributed by atoms with Crippen molar-refractivity contribution < 1.29 is 9.59 Å². The van der Waals surface area contributed by atoms with Gasteiger partial charge >= 0.3 is 6.03 Å². The quantitative estimate of drug-likeness (QED) is 0.380. The minimum absolute atomic E-state index is 0.107. The molecule has 0 radical (unpaired) electrons. The van der Waals surface area contributed by atoms with E-state index >= 15 is 0 Å². The lowest BCUT2D eigenvalue weighted by Gasteiger charge is -2.26. The second kappa shape index (κ2) is 12.0. The van der Waals surface area contributed by atoms with Gasteiger partial charge in [0.1, 0.15) is 0 Å². The highest BCUT2D eigenvalue weighted by Crippen LogP contribution is 2.33. The van der Waals surface area contributed by atoms with Crippen LogP contribution in [-0.4, -0.2) is 66.0 Å². The van der Waals surface area contributed by atoms with Crippen molar-refractivity contribution in [3.8, 4) is 0 Å². The van der Waals surface area contributed by atoms with Crippen LogP contribution in [0.5, 0.6) is 0 Å². The van der Waals surface area contributed by atoms with Gasteiger partial charge in [-0.2, -0.15) is 0 Å². The third kappa shape index (κ3) is 6.16. The van der Waals surface area contributed by atoms with Gasteiger partial charge in [-0.3, -0.25) is 14.7 Å². The summed E-state index contributed by atoms with van der Waals surface area (Å²) in [4.78, 5) is 37.2. The van der Waals surface area contributed by atoms with Crippen LogP contribution >= 0.6 is 11.6 Å². The Morgan fingerprint density at radius 2 is 1.65 bits per heavy atom. The number of anilines is 2. The predicted octanol–water partition coefficient (Wildman–Crippen LogP) is 6.10. The molecule has 40 heavy (non-hydrogen) atoms. The Balaban J connectivity index is 1.18. The first-order valence-corrected chi connectivity index (χ1v) is 14.4. The largest absolute Gasteiger partial charge is 0.338 e. The van der Waals surface area contributed by atoms with Crippen molar-refractivity contribution in [1.82, 2.24) is 14.8 Å². The maximum atomic E-state index is 13.4. The number of carbonyl (C=O) groups excluding carboxylic acids is 2. The van der Waals surface area contributed by atoms with Crippen LogP contribution in [0.3, 0.4) is 0 Å². The highest BCUT2D eigenvalue weighted by Gasteiger charge is 2.42. The maximum absolute atomic E-state index is 13.4. The molecule has 210 valence electrons. The van der Waals surface area contributed by atoms with Gasteiger partial charge in [-0.1, -0.05) is 35.4 Å². The number of benzene rings is 2. The first-order valence-electron chi connectivity index (χ1n) is 14.0. The van der Waals surface area contributed by atoms with Gasteiger partial charge in [0.05, 0.1) is 11.3 Å². The number of aryl methyl sites for hydroxylation is 4. The van der Waals surface area contributed by atoms with Crippen molar-refractivity contribution in [2.45, 2.75) is 34.1 Å². The molecule has 1 aromatic heterocycles. The number of carbonyl (C=O) groups is 2. The zero-order valence-corrected chi connectivity index (χ0v) is 24.5. The zero-order valence-electron chi connectivity index (χ0n) is 23.8. The SMILES string of the molecule is Cc1ccc(NC(=O)N(CCCN2CC3CN(C(=O)c4c(C)ccnc4C)CC3C2)c2ccc(C)c(Cl)c2)cc1. The Morgan fingerprint density at radius 3 is 2.30 bits per heavy atom. The molecule has 5 rings (SSSR count). The summed E-state index contributed by atoms with van der Waals surface area (Å²) in [5.74, 6) is 1.08. The molecule has 8 heteroatoms. The molecular weight excluding hydrogens is 522 g/mol. The molecule has 0 aliphatic carbocycles. The van der Waals surface area contributed by atoms with E-state index in [1.54, 1.807) is 11.1 Å². The summed E-state index contributed by atoms with van der Waals surface area (Å²) in [7, 11) is 0. The van der Waals surface area contributed by atoms with Crippen LogP contribution in [-0.2, 0) is 0 Å². The number of fused-ring (bicyclic) bond motifs is 1. The number of likely N-dealkylation sites (tertiary alicyclic amines) is 2. The molecule has 2 atom stereocenters. The van der Waals surface area contributed by atoms with E-state index in [9.17, 15) is 9.59 Å². The molecule has 7 nitrogen and oxygen atoms in total. The Kier molecular flexibility index (Phi) is 8.43. The minimum atomic E-state index is -0.169. The number of aromatic nitrogens is 1. The minimum Gasteiger partial charge on any atom is -0.338 e. The first-order chi connectivity index (χ1) is 19.2. The van der Waals surface area contributed by atoms with E-state index in [2.05, 4.69) is 15.2 Å². The highest BCUT2D eigenvalue weighted by molar-refractivity contribution is 6.31. The van der Waals surface area contributed by atoms with E-state index in [0.29, 0.717) is 23.4 Å². The van der Waals surface area contributed by atoms with Gasteiger partial charge in [0, 0.05) is 55.3 Å². The van der Waals surface area contributed by atoms with E-state index < -0.39 is 0 Å². The van der Waals surface area contributed by atoms with Crippen molar-refractivity contribution in [2.75, 3.05) is 49.5 Å². The molecule has 2 unspecified atom stereocenters. The molecule has 3 heterocycles. The van der Waals surface area contributed by atoms with Gasteiger partial charge in [0.2, 0.25) is 0 Å². The van der Waals surface area contributed by atoms with Crippen molar-refractivity contribution in [3.63, 3.8) is 0 Å². The van der Waals surface area contributed by atoms with Crippen molar-refractivity contribution in [2.24, 2.45) is 11.8 Å². The number of hydrogen-bond acceptors (Lipinski definition) is 4. The number of halogens is 1. The molecular formula is C32H38ClN5O2. The fourth-order valence-electron chi connectivity index (χ4n) is 5.99. The molecule has 0 bridgehead atoms. The van der Waals surface area contributed by atoms with E-state index in [1.165, 1.54) is 0 Å². The summed E-state index contributed by atoms with van der Waals surface area (Å²) in [6.07, 6.45) is 2.60. The zero-order chi connectivity index (χ0) is 28.4. The van der Waals surface area contributed by atoms with Crippen LogP contribution in [0.4, 0.5) is 16.2 Å². The molecule has 3 aromatic rings. The number of urea groups is 1. The fourth-order valence-corrected chi connectivity index (χ4v) is 6.17. The molecule has 2 aliphatic heterocycles. The monoisotopic (exact) mass is 559 g/mol. The Hall–Kier alpha value is -3.42. The van der Waals surface area contributed by atoms with Crippen LogP contribution in [0.25, 0.3) is 0 Å². The molecule has 1 N–H and O–H groups in total. The molecule has 0 spiro atoms. The fraction of sp³-hybridized carbons (Fsp3) is 0.406. The van der Waals surface area contributed by atoms with Crippen molar-refractivity contribution >= 4 is 34.9 Å². The predicted molar refractivity (Wildman–Crippen MR) is 161 cm³/mol. The number of nitrogens with zero attached hydrogens (tertiary/aromatic N) is 4. The van der Waals surface area contributed by atoms with Crippen LogP contribution in [0.1, 0.15) is 39.2 Å². The molecule has 2 fully saturated rings. The average molecular weight is 560 g/mol. The van der Waals surface area contributed by atoms with Gasteiger partial charge in [-0.15, -0.1) is 0 Å². The molecule has 0 saturated carbocycles. The molecule has 3 amide bonds. The summed E-state index contributed by atoms with van der Waals surface area (Å²) in [6.45, 7) is 12.9. The lowest BCUT2D eigenvalue weighted by Crippen LogP contribution is -2.38. The van der Waals surface area contributed by atoms with Gasteiger partial charge in [-0.25, -0.2) is 4.79 Å². The number of amides is 3. The summed E-state index contributed by atoms with van der Waals surface area (Å²) >= 11 is 6.42. The normalized spacial score (nSPS) is 18.6. The van der Waals surface area contributed by atoms with Gasteiger partial charge < -0.3 is 15.1 Å². The summed E-state index contributed by atoms with van der Waals surface area (Å²) in [5.41, 5.74) is 6.21. The Labute approximate surface area is 242 Å². The number of hydrogen-bond donors (Lipinski definition) is 1. The lowest BCUT2D eigenvalue weighted by atomic mass is 10.0. The molecule has 2 aromatic carbocycles. The molecule has 2 aliphatic rings. The van der Waals surface area contributed by atoms with Crippen molar-refractivity contribution in [3.05, 3.63) is 87.7 Å². The Morgan fingerprint density at radius 1 is 0.950 bits per heavy atom. The van der Waals surface area contributed by atoms with E-state index in [1.807, 2.05) is 81.1 Å². The van der Waals surface area contributed by atoms with Crippen LogP contribution in [0.2, 0.25) is 5.02 Å². The summed E-state index contributed by atoms with van der Waals surface area (Å²) < 4.78 is 0. The highest BCUT2D eigenvalue weighted by atomic mass is 35.5.